The number of anilines is 1. The zero-order chi connectivity index (χ0) is 15.5. The van der Waals surface area contributed by atoms with Crippen LogP contribution >= 0.6 is 10.5 Å². The molecule has 1 aliphatic rings. The minimum atomic E-state index is -0.765. The second-order valence-electron chi connectivity index (χ2n) is 4.68. The summed E-state index contributed by atoms with van der Waals surface area (Å²) in [7, 11) is 0.838. The Morgan fingerprint density at radius 1 is 1.23 bits per heavy atom. The average Bonchev–Trinajstić information content (AvgIpc) is 2.89. The van der Waals surface area contributed by atoms with E-state index in [9.17, 15) is 4.79 Å². The van der Waals surface area contributed by atoms with Gasteiger partial charge < -0.3 is 10.5 Å². The number of nitrogens with zero attached hydrogens (tertiary/aromatic N) is 1. The Morgan fingerprint density at radius 2 is 2.09 bits per heavy atom. The largest absolute Gasteiger partial charge is 0.497 e. The van der Waals surface area contributed by atoms with Crippen molar-refractivity contribution in [2.24, 2.45) is 4.99 Å². The zero-order valence-electron chi connectivity index (χ0n) is 11.9. The van der Waals surface area contributed by atoms with E-state index < -0.39 is 10.5 Å². The fourth-order valence-corrected chi connectivity index (χ4v) is 3.50. The van der Waals surface area contributed by atoms with Gasteiger partial charge in [0.15, 0.2) is 5.23 Å². The van der Waals surface area contributed by atoms with Gasteiger partial charge in [0.05, 0.1) is 12.8 Å². The molecule has 2 aromatic rings. The summed E-state index contributed by atoms with van der Waals surface area (Å²) >= 11 is 0. The molecule has 1 unspecified atom stereocenters. The molecule has 110 valence electrons. The Kier molecular flexibility index (Phi) is 3.92. The zero-order valence-corrected chi connectivity index (χ0v) is 12.8. The number of fused-ring (bicyclic) bond motifs is 1. The third-order valence-electron chi connectivity index (χ3n) is 3.24. The molecular formula is C17H14N2O2S. The molecule has 0 aromatic heterocycles. The second kappa shape index (κ2) is 6.02. The maximum atomic E-state index is 11.3. The highest BCUT2D eigenvalue weighted by Gasteiger charge is 2.19. The molecule has 1 aliphatic heterocycles. The molecule has 0 radical (unpaired) electrons. The quantitative estimate of drug-likeness (QED) is 0.694. The predicted molar refractivity (Wildman–Crippen MR) is 91.5 cm³/mol. The Balaban J connectivity index is 1.96. The van der Waals surface area contributed by atoms with Crippen molar-refractivity contribution < 1.29 is 9.53 Å². The van der Waals surface area contributed by atoms with Gasteiger partial charge in [0.25, 0.3) is 0 Å². The lowest BCUT2D eigenvalue weighted by molar-refractivity contribution is 0.414. The van der Waals surface area contributed by atoms with Crippen molar-refractivity contribution in [3.8, 4) is 5.75 Å². The fraction of sp³-hybridized carbons (Fsp3) is 0.0588. The van der Waals surface area contributed by atoms with Crippen molar-refractivity contribution in [3.63, 3.8) is 0 Å². The summed E-state index contributed by atoms with van der Waals surface area (Å²) in [6.45, 7) is 0. The second-order valence-corrected chi connectivity index (χ2v) is 6.31. The van der Waals surface area contributed by atoms with Crippen LogP contribution in [0.5, 0.6) is 5.75 Å². The van der Waals surface area contributed by atoms with E-state index in [0.717, 1.165) is 21.9 Å². The van der Waals surface area contributed by atoms with Crippen LogP contribution in [0.4, 0.5) is 11.4 Å². The lowest BCUT2D eigenvalue weighted by atomic mass is 10.2. The molecule has 1 heterocycles. The van der Waals surface area contributed by atoms with Gasteiger partial charge in [0, 0.05) is 16.6 Å². The van der Waals surface area contributed by atoms with Crippen LogP contribution in [0.1, 0.15) is 5.56 Å². The fourth-order valence-electron chi connectivity index (χ4n) is 2.18. The van der Waals surface area contributed by atoms with Gasteiger partial charge in [-0.25, -0.2) is 9.79 Å². The highest BCUT2D eigenvalue weighted by molar-refractivity contribution is 8.28. The van der Waals surface area contributed by atoms with Crippen LogP contribution in [0.25, 0.3) is 6.08 Å². The standard InChI is InChI=1S/C17H14N2O2S/c1-21-14-6-7-16-15(10-14)19-17(22(16)11-20)8-5-12-3-2-4-13(18)9-12/h2-10H,18H2,1H3. The van der Waals surface area contributed by atoms with Gasteiger partial charge in [-0.2, -0.15) is 0 Å². The monoisotopic (exact) mass is 310 g/mol. The molecule has 2 aromatic carbocycles. The van der Waals surface area contributed by atoms with E-state index in [2.05, 4.69) is 10.2 Å². The first-order valence-corrected chi connectivity index (χ1v) is 7.86. The van der Waals surface area contributed by atoms with Crippen LogP contribution in [0.3, 0.4) is 0 Å². The van der Waals surface area contributed by atoms with Crippen molar-refractivity contribution >= 4 is 38.2 Å². The Bertz CT molecular complexity index is 849. The van der Waals surface area contributed by atoms with Crippen molar-refractivity contribution in [1.82, 2.24) is 0 Å². The topological polar surface area (TPSA) is 64.7 Å². The molecule has 3 rings (SSSR count). The number of methoxy groups -OCH3 is 1. The van der Waals surface area contributed by atoms with Crippen molar-refractivity contribution in [2.75, 3.05) is 12.8 Å². The van der Waals surface area contributed by atoms with Gasteiger partial charge in [-0.1, -0.05) is 18.2 Å². The summed E-state index contributed by atoms with van der Waals surface area (Å²) in [6.07, 6.45) is 3.74. The summed E-state index contributed by atoms with van der Waals surface area (Å²) in [4.78, 5) is 16.7. The SMILES string of the molecule is COc1ccc2c(c1)N=C(C=Cc1cccc(N)c1)S2=C=O. The van der Waals surface area contributed by atoms with Crippen molar-refractivity contribution in [2.45, 2.75) is 4.90 Å². The van der Waals surface area contributed by atoms with Gasteiger partial charge in [-0.05, 0) is 46.4 Å². The van der Waals surface area contributed by atoms with E-state index in [1.54, 1.807) is 7.11 Å². The molecule has 2 N–H and O–H groups in total. The van der Waals surface area contributed by atoms with E-state index >= 15 is 0 Å². The number of rotatable bonds is 3. The van der Waals surface area contributed by atoms with E-state index in [1.165, 1.54) is 0 Å². The van der Waals surface area contributed by atoms with Crippen LogP contribution in [0.15, 0.2) is 58.4 Å². The lowest BCUT2D eigenvalue weighted by Gasteiger charge is -2.01. The molecule has 0 saturated carbocycles. The van der Waals surface area contributed by atoms with Gasteiger partial charge in [0.1, 0.15) is 10.8 Å². The van der Waals surface area contributed by atoms with E-state index in [4.69, 9.17) is 10.5 Å². The number of hydrogen-bond acceptors (Lipinski definition) is 4. The Hall–Kier alpha value is -2.62. The number of hydrogen-bond donors (Lipinski definition) is 1. The molecule has 0 saturated heterocycles. The number of nitrogens with two attached hydrogens (primary N) is 1. The highest BCUT2D eigenvalue weighted by atomic mass is 32.2. The third kappa shape index (κ3) is 2.72. The van der Waals surface area contributed by atoms with E-state index in [-0.39, 0.29) is 0 Å². The maximum Gasteiger partial charge on any atom is 0.166 e. The normalized spacial score (nSPS) is 16.2. The van der Waals surface area contributed by atoms with Crippen LogP contribution in [0, 0.1) is 0 Å². The number of nitrogen functional groups attached to an aromatic ring is 1. The molecule has 5 heteroatoms. The van der Waals surface area contributed by atoms with Gasteiger partial charge in [-0.3, -0.25) is 0 Å². The molecule has 0 bridgehead atoms. The van der Waals surface area contributed by atoms with Gasteiger partial charge >= 0.3 is 0 Å². The summed E-state index contributed by atoms with van der Waals surface area (Å²) in [5.41, 5.74) is 8.18. The summed E-state index contributed by atoms with van der Waals surface area (Å²) in [6, 6.07) is 13.1. The summed E-state index contributed by atoms with van der Waals surface area (Å²) < 4.78 is 5.19. The van der Waals surface area contributed by atoms with E-state index in [1.807, 2.05) is 54.6 Å². The van der Waals surface area contributed by atoms with Gasteiger partial charge in [-0.15, -0.1) is 0 Å². The number of benzene rings is 2. The Morgan fingerprint density at radius 3 is 2.82 bits per heavy atom. The smallest absolute Gasteiger partial charge is 0.166 e. The van der Waals surface area contributed by atoms with Crippen LogP contribution in [-0.2, 0) is 4.79 Å². The molecule has 1 atom stereocenters. The molecule has 22 heavy (non-hydrogen) atoms. The molecular weight excluding hydrogens is 296 g/mol. The van der Waals surface area contributed by atoms with Crippen LogP contribution in [-0.4, -0.2) is 17.4 Å². The number of carbonyl (C=O) groups excluding carboxylic acids is 1. The van der Waals surface area contributed by atoms with Gasteiger partial charge in [0.2, 0.25) is 0 Å². The van der Waals surface area contributed by atoms with Crippen LogP contribution in [0.2, 0.25) is 0 Å². The first-order valence-electron chi connectivity index (χ1n) is 6.63. The van der Waals surface area contributed by atoms with E-state index in [0.29, 0.717) is 10.7 Å². The molecule has 0 spiro atoms. The molecule has 0 aliphatic carbocycles. The molecule has 0 fully saturated rings. The predicted octanol–water partition coefficient (Wildman–Crippen LogP) is 3.73. The third-order valence-corrected chi connectivity index (χ3v) is 4.84. The highest BCUT2D eigenvalue weighted by Crippen LogP contribution is 2.44. The first-order chi connectivity index (χ1) is 10.7. The molecule has 4 nitrogen and oxygen atoms in total. The lowest BCUT2D eigenvalue weighted by Crippen LogP contribution is -1.86. The van der Waals surface area contributed by atoms with Crippen molar-refractivity contribution in [1.29, 1.82) is 0 Å². The Labute approximate surface area is 130 Å². The first kappa shape index (κ1) is 14.3. The van der Waals surface area contributed by atoms with Crippen LogP contribution < -0.4 is 10.5 Å². The average molecular weight is 310 g/mol. The summed E-state index contributed by atoms with van der Waals surface area (Å²) in [5.74, 6) is 0.720. The molecule has 0 amide bonds. The minimum absolute atomic E-state index is 0.695. The summed E-state index contributed by atoms with van der Waals surface area (Å²) in [5, 5.41) is 2.78. The number of ether oxygens (including phenoxy) is 1. The van der Waals surface area contributed by atoms with Crippen molar-refractivity contribution in [3.05, 3.63) is 54.1 Å². The number of aliphatic imine (C=N–C) groups is 1. The maximum absolute atomic E-state index is 11.3. The minimum Gasteiger partial charge on any atom is -0.497 e.